The molecule has 0 unspecified atom stereocenters. The maximum Gasteiger partial charge on any atom is 0.259 e. The summed E-state index contributed by atoms with van der Waals surface area (Å²) in [5.41, 5.74) is 0.508. The van der Waals surface area contributed by atoms with Crippen LogP contribution in [0.4, 0.5) is 10.1 Å². The third-order valence-corrected chi connectivity index (χ3v) is 3.28. The Morgan fingerprint density at radius 3 is 2.65 bits per heavy atom. The number of phenolic OH excluding ortho intramolecular Hbond substituents is 1. The first-order valence-corrected chi connectivity index (χ1v) is 6.44. The van der Waals surface area contributed by atoms with Crippen molar-refractivity contribution in [3.05, 3.63) is 52.3 Å². The summed E-state index contributed by atoms with van der Waals surface area (Å²) in [6.07, 6.45) is 0. The number of halogens is 2. The van der Waals surface area contributed by atoms with Gasteiger partial charge in [0.15, 0.2) is 0 Å². The zero-order valence-corrected chi connectivity index (χ0v) is 12.1. The second-order valence-electron chi connectivity index (χ2n) is 3.96. The zero-order chi connectivity index (χ0) is 14.7. The lowest BCUT2D eigenvalue weighted by Gasteiger charge is -2.09. The van der Waals surface area contributed by atoms with Gasteiger partial charge in [0.25, 0.3) is 5.91 Å². The molecule has 0 aromatic heterocycles. The summed E-state index contributed by atoms with van der Waals surface area (Å²) >= 11 is 3.15. The van der Waals surface area contributed by atoms with E-state index in [1.54, 1.807) is 6.07 Å². The van der Waals surface area contributed by atoms with E-state index in [2.05, 4.69) is 21.2 Å². The fourth-order valence-electron chi connectivity index (χ4n) is 1.61. The van der Waals surface area contributed by atoms with E-state index in [1.165, 1.54) is 37.4 Å². The molecule has 0 spiro atoms. The Labute approximate surface area is 123 Å². The van der Waals surface area contributed by atoms with Crippen LogP contribution in [0.2, 0.25) is 0 Å². The minimum absolute atomic E-state index is 0.0991. The van der Waals surface area contributed by atoms with Gasteiger partial charge in [-0.1, -0.05) is 0 Å². The van der Waals surface area contributed by atoms with Crippen LogP contribution in [0.15, 0.2) is 40.9 Å². The molecule has 0 bridgehead atoms. The Bertz CT molecular complexity index is 661. The molecule has 6 heteroatoms. The molecule has 0 saturated heterocycles. The first-order valence-electron chi connectivity index (χ1n) is 5.64. The monoisotopic (exact) mass is 339 g/mol. The number of aromatic hydroxyl groups is 1. The summed E-state index contributed by atoms with van der Waals surface area (Å²) in [5.74, 6) is -0.665. The molecular weight excluding hydrogens is 329 g/mol. The number of amides is 1. The van der Waals surface area contributed by atoms with Crippen molar-refractivity contribution >= 4 is 27.5 Å². The summed E-state index contributed by atoms with van der Waals surface area (Å²) in [6, 6.07) is 8.25. The van der Waals surface area contributed by atoms with Crippen LogP contribution < -0.4 is 10.1 Å². The Balaban J connectivity index is 2.24. The fraction of sp³-hybridized carbons (Fsp3) is 0.0714. The first kappa shape index (κ1) is 14.3. The Morgan fingerprint density at radius 2 is 2.05 bits per heavy atom. The van der Waals surface area contributed by atoms with Gasteiger partial charge in [-0.25, -0.2) is 4.39 Å². The summed E-state index contributed by atoms with van der Waals surface area (Å²) < 4.78 is 18.3. The highest BCUT2D eigenvalue weighted by Crippen LogP contribution is 2.27. The van der Waals surface area contributed by atoms with Crippen molar-refractivity contribution in [2.24, 2.45) is 0 Å². The number of hydrogen-bond acceptors (Lipinski definition) is 3. The van der Waals surface area contributed by atoms with E-state index in [4.69, 9.17) is 4.74 Å². The first-order chi connectivity index (χ1) is 9.51. The molecule has 0 aliphatic rings. The molecule has 2 N–H and O–H groups in total. The predicted octanol–water partition coefficient (Wildman–Crippen LogP) is 3.55. The van der Waals surface area contributed by atoms with Crippen LogP contribution in [-0.2, 0) is 0 Å². The molecule has 0 fully saturated rings. The van der Waals surface area contributed by atoms with E-state index < -0.39 is 11.7 Å². The van der Waals surface area contributed by atoms with E-state index in [0.29, 0.717) is 15.9 Å². The molecule has 0 radical (unpaired) electrons. The van der Waals surface area contributed by atoms with Crippen molar-refractivity contribution in [1.82, 2.24) is 0 Å². The number of carbonyl (C=O) groups is 1. The van der Waals surface area contributed by atoms with E-state index in [0.717, 1.165) is 0 Å². The molecule has 2 rings (SSSR count). The Morgan fingerprint density at radius 1 is 1.30 bits per heavy atom. The summed E-state index contributed by atoms with van der Waals surface area (Å²) in [6.45, 7) is 0. The molecular formula is C14H11BrFNO3. The molecule has 20 heavy (non-hydrogen) atoms. The van der Waals surface area contributed by atoms with Gasteiger partial charge in [-0.2, -0.15) is 0 Å². The standard InChI is InChI=1S/C14H11BrFNO3/c1-20-9-3-4-10(13(18)7-9)14(19)17-12-5-2-8(16)6-11(12)15/h2-7,18H,1H3,(H,17,19). The average Bonchev–Trinajstić information content (AvgIpc) is 2.41. The summed E-state index contributed by atoms with van der Waals surface area (Å²) in [5, 5.41) is 12.4. The fourth-order valence-corrected chi connectivity index (χ4v) is 2.06. The van der Waals surface area contributed by atoms with Gasteiger partial charge < -0.3 is 15.2 Å². The maximum atomic E-state index is 13.0. The van der Waals surface area contributed by atoms with E-state index in [9.17, 15) is 14.3 Å². The SMILES string of the molecule is COc1ccc(C(=O)Nc2ccc(F)cc2Br)c(O)c1. The van der Waals surface area contributed by atoms with Crippen molar-refractivity contribution in [1.29, 1.82) is 0 Å². The van der Waals surface area contributed by atoms with Gasteiger partial charge in [0, 0.05) is 10.5 Å². The Kier molecular flexibility index (Phi) is 4.24. The molecule has 0 aliphatic heterocycles. The highest BCUT2D eigenvalue weighted by molar-refractivity contribution is 9.10. The van der Waals surface area contributed by atoms with Crippen molar-refractivity contribution in [3.8, 4) is 11.5 Å². The number of benzene rings is 2. The lowest BCUT2D eigenvalue weighted by molar-refractivity contribution is 0.102. The largest absolute Gasteiger partial charge is 0.507 e. The van der Waals surface area contributed by atoms with Gasteiger partial charge in [0.05, 0.1) is 18.4 Å². The lowest BCUT2D eigenvalue weighted by Crippen LogP contribution is -2.12. The number of carbonyl (C=O) groups excluding carboxylic acids is 1. The number of ether oxygens (including phenoxy) is 1. The molecule has 0 aliphatic carbocycles. The second kappa shape index (κ2) is 5.92. The highest BCUT2D eigenvalue weighted by Gasteiger charge is 2.13. The van der Waals surface area contributed by atoms with Crippen LogP contribution >= 0.6 is 15.9 Å². The van der Waals surface area contributed by atoms with Gasteiger partial charge in [-0.3, -0.25) is 4.79 Å². The predicted molar refractivity (Wildman–Crippen MR) is 76.7 cm³/mol. The van der Waals surface area contributed by atoms with Crippen molar-refractivity contribution in [2.75, 3.05) is 12.4 Å². The lowest BCUT2D eigenvalue weighted by atomic mass is 10.1. The smallest absolute Gasteiger partial charge is 0.259 e. The van der Waals surface area contributed by atoms with Crippen molar-refractivity contribution in [2.45, 2.75) is 0 Å². The van der Waals surface area contributed by atoms with E-state index in [-0.39, 0.29) is 11.3 Å². The molecule has 2 aromatic rings. The number of nitrogens with one attached hydrogen (secondary N) is 1. The molecule has 104 valence electrons. The van der Waals surface area contributed by atoms with Gasteiger partial charge in [-0.05, 0) is 46.3 Å². The molecule has 0 heterocycles. The van der Waals surface area contributed by atoms with Gasteiger partial charge >= 0.3 is 0 Å². The molecule has 2 aromatic carbocycles. The molecule has 1 amide bonds. The van der Waals surface area contributed by atoms with E-state index in [1.807, 2.05) is 0 Å². The van der Waals surface area contributed by atoms with Crippen LogP contribution in [0.25, 0.3) is 0 Å². The van der Waals surface area contributed by atoms with Gasteiger partial charge in [-0.15, -0.1) is 0 Å². The average molecular weight is 340 g/mol. The minimum Gasteiger partial charge on any atom is -0.507 e. The zero-order valence-electron chi connectivity index (χ0n) is 10.5. The third kappa shape index (κ3) is 3.08. The van der Waals surface area contributed by atoms with Crippen LogP contribution in [0.5, 0.6) is 11.5 Å². The second-order valence-corrected chi connectivity index (χ2v) is 4.82. The summed E-state index contributed by atoms with van der Waals surface area (Å²) in [7, 11) is 1.46. The quantitative estimate of drug-likeness (QED) is 0.898. The van der Waals surface area contributed by atoms with Gasteiger partial charge in [0.2, 0.25) is 0 Å². The number of rotatable bonds is 3. The number of anilines is 1. The molecule has 4 nitrogen and oxygen atoms in total. The molecule has 0 atom stereocenters. The van der Waals surface area contributed by atoms with Crippen LogP contribution in [0.3, 0.4) is 0 Å². The minimum atomic E-state index is -0.502. The normalized spacial score (nSPS) is 10.2. The van der Waals surface area contributed by atoms with Crippen LogP contribution in [-0.4, -0.2) is 18.1 Å². The Hall–Kier alpha value is -2.08. The number of hydrogen-bond donors (Lipinski definition) is 2. The van der Waals surface area contributed by atoms with Crippen LogP contribution in [0, 0.1) is 5.82 Å². The van der Waals surface area contributed by atoms with E-state index >= 15 is 0 Å². The number of phenols is 1. The van der Waals surface area contributed by atoms with Crippen LogP contribution in [0.1, 0.15) is 10.4 Å². The third-order valence-electron chi connectivity index (χ3n) is 2.63. The highest BCUT2D eigenvalue weighted by atomic mass is 79.9. The van der Waals surface area contributed by atoms with Crippen molar-refractivity contribution < 1.29 is 19.0 Å². The molecule has 0 saturated carbocycles. The number of methoxy groups -OCH3 is 1. The maximum absolute atomic E-state index is 13.0. The van der Waals surface area contributed by atoms with Gasteiger partial charge in [0.1, 0.15) is 17.3 Å². The topological polar surface area (TPSA) is 58.6 Å². The van der Waals surface area contributed by atoms with Crippen molar-refractivity contribution in [3.63, 3.8) is 0 Å². The summed E-state index contributed by atoms with van der Waals surface area (Å²) in [4.78, 5) is 12.0.